The lowest BCUT2D eigenvalue weighted by atomic mass is 10.1. The molecule has 0 radical (unpaired) electrons. The second kappa shape index (κ2) is 12.3. The fraction of sp³-hybridized carbons (Fsp3) is 0.464. The summed E-state index contributed by atoms with van der Waals surface area (Å²) in [5, 5.41) is 1.39. The summed E-state index contributed by atoms with van der Waals surface area (Å²) in [7, 11) is -1.87. The molecule has 0 aliphatic carbocycles. The summed E-state index contributed by atoms with van der Waals surface area (Å²) >= 11 is 0. The Morgan fingerprint density at radius 3 is 1.66 bits per heavy atom. The monoisotopic (exact) mass is 466 g/mol. The summed E-state index contributed by atoms with van der Waals surface area (Å²) in [6, 6.07) is 26.1. The molecule has 0 saturated carbocycles. The highest BCUT2D eigenvalue weighted by Crippen LogP contribution is 2.37. The lowest BCUT2D eigenvalue weighted by Gasteiger charge is -2.32. The zero-order valence-corrected chi connectivity index (χ0v) is 23.3. The van der Waals surface area contributed by atoms with Gasteiger partial charge in [-0.1, -0.05) is 108 Å². The largest absolute Gasteiger partial charge is 0.538 e. The summed E-state index contributed by atoms with van der Waals surface area (Å²) in [6.45, 7) is 13.9. The van der Waals surface area contributed by atoms with Gasteiger partial charge in [-0.25, -0.2) is 0 Å². The lowest BCUT2D eigenvalue weighted by molar-refractivity contribution is 0.415. The molecular formula is C28H42O2Si2. The van der Waals surface area contributed by atoms with Gasteiger partial charge in [0.25, 0.3) is 8.32 Å². The Kier molecular flexibility index (Phi) is 10.1. The van der Waals surface area contributed by atoms with Crippen LogP contribution in [-0.2, 0) is 4.43 Å². The van der Waals surface area contributed by atoms with Gasteiger partial charge in [0.15, 0.2) is 5.76 Å². The van der Waals surface area contributed by atoms with Gasteiger partial charge in [0.05, 0.1) is 15.2 Å². The Balaban J connectivity index is 2.88. The first-order chi connectivity index (χ1) is 15.5. The van der Waals surface area contributed by atoms with E-state index in [0.29, 0.717) is 0 Å². The van der Waals surface area contributed by atoms with Gasteiger partial charge in [-0.15, -0.1) is 0 Å². The molecule has 0 saturated heterocycles. The van der Waals surface area contributed by atoms with Crippen LogP contribution in [0.15, 0.2) is 60.3 Å². The molecule has 0 unspecified atom stereocenters. The van der Waals surface area contributed by atoms with Crippen molar-refractivity contribution < 1.29 is 9.16 Å². The first-order valence-electron chi connectivity index (χ1n) is 12.4. The fourth-order valence-corrected chi connectivity index (χ4v) is 10.8. The van der Waals surface area contributed by atoms with Gasteiger partial charge >= 0.3 is 0 Å². The molecule has 2 rings (SSSR count). The summed E-state index contributed by atoms with van der Waals surface area (Å²) in [6.07, 6.45) is 0. The molecule has 0 aliphatic rings. The minimum Gasteiger partial charge on any atom is -0.538 e. The van der Waals surface area contributed by atoms with Gasteiger partial charge in [0.1, 0.15) is 5.75 Å². The van der Waals surface area contributed by atoms with Crippen LogP contribution in [0, 0.1) is 0 Å². The van der Waals surface area contributed by atoms with Crippen LogP contribution in [0.4, 0.5) is 0 Å². The Labute approximate surface area is 198 Å². The highest BCUT2D eigenvalue weighted by molar-refractivity contribution is 6.96. The first kappa shape index (κ1) is 26.2. The predicted octanol–water partition coefficient (Wildman–Crippen LogP) is 8.79. The van der Waals surface area contributed by atoms with Crippen molar-refractivity contribution in [3.8, 4) is 5.75 Å². The number of rotatable bonds is 12. The molecule has 2 aromatic carbocycles. The number of methoxy groups -OCH3 is 1. The van der Waals surface area contributed by atoms with Crippen LogP contribution in [0.5, 0.6) is 5.75 Å². The van der Waals surface area contributed by atoms with E-state index in [-0.39, 0.29) is 0 Å². The second-order valence-corrected chi connectivity index (χ2v) is 18.5. The molecule has 32 heavy (non-hydrogen) atoms. The first-order valence-corrected chi connectivity index (χ1v) is 17.5. The number of hydrogen-bond donors (Lipinski definition) is 0. The third-order valence-electron chi connectivity index (χ3n) is 7.47. The van der Waals surface area contributed by atoms with Crippen molar-refractivity contribution in [1.82, 2.24) is 0 Å². The Hall–Kier alpha value is -2.01. The van der Waals surface area contributed by atoms with Gasteiger partial charge in [-0.3, -0.25) is 0 Å². The maximum atomic E-state index is 7.02. The van der Waals surface area contributed by atoms with Gasteiger partial charge in [0.2, 0.25) is 0 Å². The summed E-state index contributed by atoms with van der Waals surface area (Å²) in [5.41, 5.74) is 6.34. The Morgan fingerprint density at radius 2 is 1.22 bits per heavy atom. The van der Waals surface area contributed by atoms with E-state index in [4.69, 9.17) is 9.16 Å². The molecule has 0 atom stereocenters. The number of ether oxygens (including phenoxy) is 1. The Bertz CT molecular complexity index is 872. The van der Waals surface area contributed by atoms with Gasteiger partial charge in [-0.05, 0) is 41.0 Å². The quantitative estimate of drug-likeness (QED) is 0.177. The number of hydrogen-bond acceptors (Lipinski definition) is 2. The maximum absolute atomic E-state index is 7.02. The van der Waals surface area contributed by atoms with E-state index in [2.05, 4.69) is 102 Å². The zero-order valence-electron chi connectivity index (χ0n) is 21.3. The maximum Gasteiger partial charge on any atom is 0.251 e. The highest BCUT2D eigenvalue weighted by Gasteiger charge is 2.35. The van der Waals surface area contributed by atoms with E-state index in [9.17, 15) is 0 Å². The molecule has 0 aromatic heterocycles. The summed E-state index contributed by atoms with van der Waals surface area (Å²) in [4.78, 5) is 0. The topological polar surface area (TPSA) is 18.5 Å². The molecule has 174 valence electrons. The van der Waals surface area contributed by atoms with E-state index < -0.39 is 16.4 Å². The van der Waals surface area contributed by atoms with Crippen LogP contribution >= 0.6 is 0 Å². The molecule has 0 bridgehead atoms. The van der Waals surface area contributed by atoms with E-state index >= 15 is 0 Å². The Morgan fingerprint density at radius 1 is 0.688 bits per heavy atom. The second-order valence-electron chi connectivity index (χ2n) is 8.61. The minimum absolute atomic E-state index is 0.891. The van der Waals surface area contributed by atoms with Crippen LogP contribution in [0.1, 0.15) is 52.7 Å². The molecule has 0 heterocycles. The third kappa shape index (κ3) is 5.86. The highest BCUT2D eigenvalue weighted by atomic mass is 28.4. The van der Waals surface area contributed by atoms with Crippen LogP contribution in [0.3, 0.4) is 0 Å². The summed E-state index contributed by atoms with van der Waals surface area (Å²) in [5.74, 6) is 1.84. The van der Waals surface area contributed by atoms with Crippen LogP contribution in [0.25, 0.3) is 11.0 Å². The normalized spacial score (nSPS) is 11.6. The van der Waals surface area contributed by atoms with E-state index in [0.717, 1.165) is 35.2 Å². The zero-order chi connectivity index (χ0) is 23.6. The predicted molar refractivity (Wildman–Crippen MR) is 145 cm³/mol. The van der Waals surface area contributed by atoms with Crippen molar-refractivity contribution >= 4 is 27.3 Å². The van der Waals surface area contributed by atoms with Crippen molar-refractivity contribution in [2.75, 3.05) is 7.11 Å². The van der Waals surface area contributed by atoms with Crippen LogP contribution in [0.2, 0.25) is 36.3 Å². The molecule has 0 amide bonds. The fourth-order valence-electron chi connectivity index (χ4n) is 4.59. The van der Waals surface area contributed by atoms with Crippen molar-refractivity contribution in [3.63, 3.8) is 0 Å². The molecule has 0 aliphatic heterocycles. The lowest BCUT2D eigenvalue weighted by Crippen LogP contribution is -2.35. The molecule has 2 nitrogen and oxygen atoms in total. The molecular weight excluding hydrogens is 424 g/mol. The van der Waals surface area contributed by atoms with Gasteiger partial charge in [0, 0.05) is 5.56 Å². The van der Waals surface area contributed by atoms with Crippen molar-refractivity contribution in [3.05, 3.63) is 71.5 Å². The van der Waals surface area contributed by atoms with E-state index in [1.165, 1.54) is 28.9 Å². The average molecular weight is 467 g/mol. The molecule has 2 aromatic rings. The molecule has 0 spiro atoms. The van der Waals surface area contributed by atoms with E-state index in [1.54, 1.807) is 7.11 Å². The SMILES string of the molecule is CC[Si](CC)(CC)OC(=C=C(c1ccc(OC)cc1)[Si](CC)(CC)CC)c1ccccc1. The van der Waals surface area contributed by atoms with Crippen LogP contribution in [-0.4, -0.2) is 23.5 Å². The van der Waals surface area contributed by atoms with Crippen molar-refractivity contribution in [2.45, 2.75) is 77.8 Å². The number of benzene rings is 2. The van der Waals surface area contributed by atoms with Crippen molar-refractivity contribution in [1.29, 1.82) is 0 Å². The summed E-state index contributed by atoms with van der Waals surface area (Å²) < 4.78 is 12.4. The minimum atomic E-state index is -1.85. The smallest absolute Gasteiger partial charge is 0.251 e. The third-order valence-corrected chi connectivity index (χ3v) is 17.5. The van der Waals surface area contributed by atoms with E-state index in [1.807, 2.05) is 0 Å². The molecule has 0 N–H and O–H groups in total. The standard InChI is InChI=1S/C28H42O2Si2/c1-8-31(9-2,10-3)28(25-19-21-26(29-7)22-20-25)23-27(24-17-15-14-16-18-24)30-32(11-4,12-5)13-6/h14-22H,8-13H2,1-7H3. The molecule has 4 heteroatoms. The van der Waals surface area contributed by atoms with Gasteiger partial charge in [-0.2, -0.15) is 0 Å². The average Bonchev–Trinajstić information content (AvgIpc) is 2.87. The molecule has 0 fully saturated rings. The van der Waals surface area contributed by atoms with Gasteiger partial charge < -0.3 is 9.16 Å². The van der Waals surface area contributed by atoms with Crippen molar-refractivity contribution in [2.24, 2.45) is 0 Å². The van der Waals surface area contributed by atoms with Crippen LogP contribution < -0.4 is 4.74 Å².